The van der Waals surface area contributed by atoms with Crippen molar-refractivity contribution in [3.63, 3.8) is 0 Å². The summed E-state index contributed by atoms with van der Waals surface area (Å²) in [5, 5.41) is 9.57. The van der Waals surface area contributed by atoms with Crippen molar-refractivity contribution in [2.45, 2.75) is 11.8 Å². The Kier molecular flexibility index (Phi) is 4.37. The van der Waals surface area contributed by atoms with E-state index in [0.29, 0.717) is 0 Å². The molecule has 0 unspecified atom stereocenters. The number of Topliss-reactive ketones (excluding diaryl/α,β-unsaturated/α-hetero) is 1. The number of carbonyl (C=O) groups excluding carboxylic acids is 2. The highest BCUT2D eigenvalue weighted by Crippen LogP contribution is 2.24. The van der Waals surface area contributed by atoms with E-state index in [0.717, 1.165) is 4.90 Å². The van der Waals surface area contributed by atoms with Crippen LogP contribution in [0.3, 0.4) is 0 Å². The van der Waals surface area contributed by atoms with E-state index in [1.807, 2.05) is 6.26 Å². The predicted octanol–water partition coefficient (Wildman–Crippen LogP) is 1.86. The van der Waals surface area contributed by atoms with Gasteiger partial charge in [0.2, 0.25) is 0 Å². The van der Waals surface area contributed by atoms with E-state index >= 15 is 0 Å². The standard InChI is InChI=1S/C11H12O4S/c1-3-15-11(14)10(13)8-5-4-7(16-2)6-9(8)12/h4-6,12H,3H2,1-2H3. The topological polar surface area (TPSA) is 63.6 Å². The maximum Gasteiger partial charge on any atom is 0.379 e. The highest BCUT2D eigenvalue weighted by atomic mass is 32.2. The number of carbonyl (C=O) groups is 2. The van der Waals surface area contributed by atoms with Crippen molar-refractivity contribution in [1.29, 1.82) is 0 Å². The predicted molar refractivity (Wildman–Crippen MR) is 60.9 cm³/mol. The number of hydrogen-bond acceptors (Lipinski definition) is 5. The molecular formula is C11H12O4S. The highest BCUT2D eigenvalue weighted by molar-refractivity contribution is 7.98. The first-order chi connectivity index (χ1) is 7.60. The van der Waals surface area contributed by atoms with E-state index in [2.05, 4.69) is 4.74 Å². The maximum atomic E-state index is 11.5. The van der Waals surface area contributed by atoms with Crippen molar-refractivity contribution < 1.29 is 19.4 Å². The number of phenols is 1. The molecule has 1 rings (SSSR count). The van der Waals surface area contributed by atoms with Crippen LogP contribution in [-0.4, -0.2) is 29.7 Å². The number of hydrogen-bond donors (Lipinski definition) is 1. The number of rotatable bonds is 4. The number of phenolic OH excluding ortho intramolecular Hbond substituents is 1. The van der Waals surface area contributed by atoms with E-state index < -0.39 is 11.8 Å². The minimum Gasteiger partial charge on any atom is -0.507 e. The van der Waals surface area contributed by atoms with Crippen LogP contribution in [0.5, 0.6) is 5.75 Å². The summed E-state index contributed by atoms with van der Waals surface area (Å²) in [5.74, 6) is -1.98. The quantitative estimate of drug-likeness (QED) is 0.376. The second-order valence-corrected chi connectivity index (χ2v) is 3.81. The van der Waals surface area contributed by atoms with Gasteiger partial charge >= 0.3 is 5.97 Å². The number of esters is 1. The summed E-state index contributed by atoms with van der Waals surface area (Å²) in [4.78, 5) is 23.5. The SMILES string of the molecule is CCOC(=O)C(=O)c1ccc(SC)cc1O. The van der Waals surface area contributed by atoms with Crippen molar-refractivity contribution in [3.05, 3.63) is 23.8 Å². The summed E-state index contributed by atoms with van der Waals surface area (Å²) >= 11 is 1.43. The largest absolute Gasteiger partial charge is 0.507 e. The zero-order chi connectivity index (χ0) is 12.1. The fraction of sp³-hybridized carbons (Fsp3) is 0.273. The van der Waals surface area contributed by atoms with Crippen molar-refractivity contribution in [1.82, 2.24) is 0 Å². The molecule has 86 valence electrons. The molecule has 0 aliphatic carbocycles. The lowest BCUT2D eigenvalue weighted by atomic mass is 10.1. The molecule has 0 saturated heterocycles. The number of ketones is 1. The summed E-state index contributed by atoms with van der Waals surface area (Å²) in [6, 6.07) is 4.52. The van der Waals surface area contributed by atoms with Crippen LogP contribution in [0.25, 0.3) is 0 Å². The number of benzene rings is 1. The molecule has 4 nitrogen and oxygen atoms in total. The molecule has 0 spiro atoms. The second kappa shape index (κ2) is 5.55. The molecule has 0 radical (unpaired) electrons. The fourth-order valence-electron chi connectivity index (χ4n) is 1.14. The van der Waals surface area contributed by atoms with Crippen LogP contribution in [0, 0.1) is 0 Å². The molecule has 0 aliphatic heterocycles. The van der Waals surface area contributed by atoms with Crippen LogP contribution in [0.15, 0.2) is 23.1 Å². The van der Waals surface area contributed by atoms with Crippen molar-refractivity contribution >= 4 is 23.5 Å². The Bertz CT molecular complexity index is 414. The Balaban J connectivity index is 2.96. The molecule has 0 amide bonds. The lowest BCUT2D eigenvalue weighted by Gasteiger charge is -2.04. The molecular weight excluding hydrogens is 228 g/mol. The molecule has 0 aromatic heterocycles. The molecule has 0 bridgehead atoms. The van der Waals surface area contributed by atoms with Gasteiger partial charge in [0, 0.05) is 4.90 Å². The lowest BCUT2D eigenvalue weighted by molar-refractivity contribution is -0.137. The summed E-state index contributed by atoms with van der Waals surface area (Å²) in [7, 11) is 0. The molecule has 5 heteroatoms. The van der Waals surface area contributed by atoms with Gasteiger partial charge in [0.1, 0.15) is 5.75 Å². The third kappa shape index (κ3) is 2.76. The maximum absolute atomic E-state index is 11.5. The van der Waals surface area contributed by atoms with Gasteiger partial charge in [-0.2, -0.15) is 0 Å². The molecule has 0 fully saturated rings. The molecule has 1 aromatic rings. The smallest absolute Gasteiger partial charge is 0.379 e. The Morgan fingerprint density at radius 1 is 1.44 bits per heavy atom. The van der Waals surface area contributed by atoms with Crippen LogP contribution in [0.2, 0.25) is 0 Å². The van der Waals surface area contributed by atoms with Gasteiger partial charge < -0.3 is 9.84 Å². The summed E-state index contributed by atoms with van der Waals surface area (Å²) < 4.78 is 4.56. The van der Waals surface area contributed by atoms with Crippen LogP contribution in [0.1, 0.15) is 17.3 Å². The minimum atomic E-state index is -0.949. The van der Waals surface area contributed by atoms with E-state index in [4.69, 9.17) is 0 Å². The first-order valence-corrected chi connectivity index (χ1v) is 5.91. The van der Waals surface area contributed by atoms with Crippen LogP contribution in [-0.2, 0) is 9.53 Å². The summed E-state index contributed by atoms with van der Waals surface area (Å²) in [5.41, 5.74) is -0.0312. The second-order valence-electron chi connectivity index (χ2n) is 2.93. The van der Waals surface area contributed by atoms with Crippen LogP contribution < -0.4 is 0 Å². The first kappa shape index (κ1) is 12.6. The summed E-state index contributed by atoms with van der Waals surface area (Å²) in [6.07, 6.45) is 1.85. The van der Waals surface area contributed by atoms with Crippen molar-refractivity contribution in [3.8, 4) is 5.75 Å². The van der Waals surface area contributed by atoms with E-state index in [9.17, 15) is 14.7 Å². The average Bonchev–Trinajstić information content (AvgIpc) is 2.28. The normalized spacial score (nSPS) is 9.88. The number of thioether (sulfide) groups is 1. The lowest BCUT2D eigenvalue weighted by Crippen LogP contribution is -2.17. The molecule has 0 heterocycles. The average molecular weight is 240 g/mol. The van der Waals surface area contributed by atoms with Gasteiger partial charge in [0.15, 0.2) is 0 Å². The van der Waals surface area contributed by atoms with Gasteiger partial charge in [0.25, 0.3) is 5.78 Å². The third-order valence-corrected chi connectivity index (χ3v) is 2.64. The van der Waals surface area contributed by atoms with Gasteiger partial charge in [-0.05, 0) is 31.4 Å². The Morgan fingerprint density at radius 3 is 2.62 bits per heavy atom. The Morgan fingerprint density at radius 2 is 2.12 bits per heavy atom. The van der Waals surface area contributed by atoms with Crippen LogP contribution in [0.4, 0.5) is 0 Å². The number of ether oxygens (including phenoxy) is 1. The third-order valence-electron chi connectivity index (χ3n) is 1.91. The monoisotopic (exact) mass is 240 g/mol. The molecule has 0 saturated carbocycles. The van der Waals surface area contributed by atoms with Gasteiger partial charge in [0.05, 0.1) is 12.2 Å². The fourth-order valence-corrected chi connectivity index (χ4v) is 1.57. The van der Waals surface area contributed by atoms with E-state index in [-0.39, 0.29) is 17.9 Å². The van der Waals surface area contributed by atoms with Gasteiger partial charge in [-0.3, -0.25) is 4.79 Å². The zero-order valence-electron chi connectivity index (χ0n) is 9.02. The minimum absolute atomic E-state index is 0.0312. The highest BCUT2D eigenvalue weighted by Gasteiger charge is 2.20. The van der Waals surface area contributed by atoms with Gasteiger partial charge in [-0.15, -0.1) is 11.8 Å². The van der Waals surface area contributed by atoms with E-state index in [1.165, 1.54) is 23.9 Å². The van der Waals surface area contributed by atoms with Crippen molar-refractivity contribution in [2.24, 2.45) is 0 Å². The zero-order valence-corrected chi connectivity index (χ0v) is 9.84. The first-order valence-electron chi connectivity index (χ1n) is 4.68. The molecule has 1 N–H and O–H groups in total. The Hall–Kier alpha value is -1.49. The van der Waals surface area contributed by atoms with Crippen LogP contribution >= 0.6 is 11.8 Å². The Labute approximate surface area is 97.6 Å². The van der Waals surface area contributed by atoms with Crippen molar-refractivity contribution in [2.75, 3.05) is 12.9 Å². The van der Waals surface area contributed by atoms with E-state index in [1.54, 1.807) is 13.0 Å². The number of aromatic hydroxyl groups is 1. The molecule has 16 heavy (non-hydrogen) atoms. The molecule has 0 atom stereocenters. The van der Waals surface area contributed by atoms with Gasteiger partial charge in [-0.25, -0.2) is 4.79 Å². The summed E-state index contributed by atoms with van der Waals surface area (Å²) in [6.45, 7) is 1.75. The molecule has 0 aliphatic rings. The molecule has 1 aromatic carbocycles. The van der Waals surface area contributed by atoms with Gasteiger partial charge in [-0.1, -0.05) is 0 Å².